The first-order chi connectivity index (χ1) is 14.9. The van der Waals surface area contributed by atoms with E-state index in [1.165, 1.54) is 15.6 Å². The summed E-state index contributed by atoms with van der Waals surface area (Å²) in [5.74, 6) is 0.595. The third-order valence-electron chi connectivity index (χ3n) is 5.04. The Labute approximate surface area is 186 Å². The smallest absolute Gasteiger partial charge is 0.266 e. The van der Waals surface area contributed by atoms with Gasteiger partial charge in [-0.1, -0.05) is 35.5 Å². The predicted octanol–water partition coefficient (Wildman–Crippen LogP) is 2.64. The Morgan fingerprint density at radius 1 is 1.26 bits per heavy atom. The van der Waals surface area contributed by atoms with E-state index in [4.69, 9.17) is 4.52 Å². The normalized spacial score (nSPS) is 11.2. The van der Waals surface area contributed by atoms with Crippen molar-refractivity contribution < 1.29 is 9.32 Å². The molecule has 0 N–H and O–H groups in total. The standard InChI is InChI=1S/C21H21BrN6O3/c1-26(10-6-9-15-11-16(25-31-15)14-7-4-3-5-8-14)17(29)12-28-13-23-20-18(21(28)30)19(22)24-27(20)2/h3-5,7-8,11,13H,6,9-10,12H2,1-2H3. The number of halogens is 1. The molecule has 1 amide bonds. The Kier molecular flexibility index (Phi) is 5.99. The number of benzene rings is 1. The van der Waals surface area contributed by atoms with E-state index < -0.39 is 0 Å². The molecule has 0 radical (unpaired) electrons. The number of fused-ring (bicyclic) bond motifs is 1. The molecule has 3 aromatic heterocycles. The number of aryl methyl sites for hydroxylation is 2. The first-order valence-corrected chi connectivity index (χ1v) is 10.6. The first-order valence-electron chi connectivity index (χ1n) is 9.76. The maximum absolute atomic E-state index is 12.7. The maximum Gasteiger partial charge on any atom is 0.266 e. The largest absolute Gasteiger partial charge is 0.361 e. The Balaban J connectivity index is 1.34. The van der Waals surface area contributed by atoms with Crippen LogP contribution in [0.15, 0.2) is 56.6 Å². The molecule has 0 fully saturated rings. The highest BCUT2D eigenvalue weighted by Crippen LogP contribution is 2.19. The van der Waals surface area contributed by atoms with E-state index in [0.29, 0.717) is 35.0 Å². The summed E-state index contributed by atoms with van der Waals surface area (Å²) in [5, 5.41) is 8.61. The third-order valence-corrected chi connectivity index (χ3v) is 5.60. The number of likely N-dealkylation sites (N-methyl/N-ethyl adjacent to an activating group) is 1. The zero-order chi connectivity index (χ0) is 22.0. The summed E-state index contributed by atoms with van der Waals surface area (Å²) in [6, 6.07) is 11.7. The van der Waals surface area contributed by atoms with Crippen LogP contribution >= 0.6 is 15.9 Å². The Morgan fingerprint density at radius 3 is 2.81 bits per heavy atom. The fourth-order valence-corrected chi connectivity index (χ4v) is 3.89. The van der Waals surface area contributed by atoms with Crippen molar-refractivity contribution in [1.29, 1.82) is 0 Å². The van der Waals surface area contributed by atoms with E-state index in [1.807, 2.05) is 36.4 Å². The van der Waals surface area contributed by atoms with Crippen molar-refractivity contribution in [3.05, 3.63) is 63.4 Å². The molecular formula is C21H21BrN6O3. The topological polar surface area (TPSA) is 99.0 Å². The number of carbonyl (C=O) groups excluding carboxylic acids is 1. The number of aromatic nitrogens is 5. The summed E-state index contributed by atoms with van der Waals surface area (Å²) in [5.41, 5.74) is 1.96. The van der Waals surface area contributed by atoms with Gasteiger partial charge in [-0.05, 0) is 22.4 Å². The van der Waals surface area contributed by atoms with Crippen LogP contribution in [0.4, 0.5) is 0 Å². The van der Waals surface area contributed by atoms with E-state index in [-0.39, 0.29) is 18.0 Å². The molecule has 9 nitrogen and oxygen atoms in total. The van der Waals surface area contributed by atoms with Crippen LogP contribution in [0, 0.1) is 0 Å². The van der Waals surface area contributed by atoms with E-state index in [9.17, 15) is 9.59 Å². The molecule has 0 saturated heterocycles. The van der Waals surface area contributed by atoms with Crippen LogP contribution in [0.2, 0.25) is 0 Å². The van der Waals surface area contributed by atoms with Crippen LogP contribution < -0.4 is 5.56 Å². The summed E-state index contributed by atoms with van der Waals surface area (Å²) in [6.07, 6.45) is 2.75. The summed E-state index contributed by atoms with van der Waals surface area (Å²) >= 11 is 3.28. The highest BCUT2D eigenvalue weighted by atomic mass is 79.9. The molecule has 0 aliphatic carbocycles. The monoisotopic (exact) mass is 484 g/mol. The summed E-state index contributed by atoms with van der Waals surface area (Å²) < 4.78 is 8.65. The highest BCUT2D eigenvalue weighted by molar-refractivity contribution is 9.10. The van der Waals surface area contributed by atoms with Crippen LogP contribution in [0.1, 0.15) is 12.2 Å². The zero-order valence-electron chi connectivity index (χ0n) is 17.2. The van der Waals surface area contributed by atoms with Gasteiger partial charge in [-0.25, -0.2) is 9.67 Å². The fraction of sp³-hybridized carbons (Fsp3) is 0.286. The van der Waals surface area contributed by atoms with Crippen molar-refractivity contribution in [2.45, 2.75) is 19.4 Å². The highest BCUT2D eigenvalue weighted by Gasteiger charge is 2.16. The van der Waals surface area contributed by atoms with Crippen molar-refractivity contribution in [3.63, 3.8) is 0 Å². The molecule has 4 rings (SSSR count). The average Bonchev–Trinajstić information content (AvgIpc) is 3.35. The lowest BCUT2D eigenvalue weighted by atomic mass is 10.1. The lowest BCUT2D eigenvalue weighted by Crippen LogP contribution is -2.34. The number of amides is 1. The van der Waals surface area contributed by atoms with Gasteiger partial charge in [0.15, 0.2) is 5.65 Å². The third kappa shape index (κ3) is 4.43. The van der Waals surface area contributed by atoms with Crippen molar-refractivity contribution in [2.75, 3.05) is 13.6 Å². The summed E-state index contributed by atoms with van der Waals surface area (Å²) in [6.45, 7) is 0.446. The lowest BCUT2D eigenvalue weighted by molar-refractivity contribution is -0.130. The summed E-state index contributed by atoms with van der Waals surface area (Å²) in [4.78, 5) is 31.1. The number of rotatable bonds is 7. The minimum atomic E-state index is -0.304. The van der Waals surface area contributed by atoms with E-state index in [1.54, 1.807) is 19.0 Å². The average molecular weight is 485 g/mol. The number of carbonyl (C=O) groups is 1. The van der Waals surface area contributed by atoms with Crippen LogP contribution in [0.25, 0.3) is 22.3 Å². The van der Waals surface area contributed by atoms with Gasteiger partial charge in [0.1, 0.15) is 34.3 Å². The maximum atomic E-state index is 12.7. The van der Waals surface area contributed by atoms with E-state index in [0.717, 1.165) is 17.0 Å². The van der Waals surface area contributed by atoms with Gasteiger partial charge in [0.25, 0.3) is 5.56 Å². The molecule has 0 aliphatic rings. The van der Waals surface area contributed by atoms with E-state index >= 15 is 0 Å². The molecule has 0 aliphatic heterocycles. The van der Waals surface area contributed by atoms with Crippen LogP contribution in [-0.2, 0) is 24.8 Å². The molecule has 3 heterocycles. The molecule has 0 spiro atoms. The van der Waals surface area contributed by atoms with Gasteiger partial charge in [0.2, 0.25) is 5.91 Å². The Hall–Kier alpha value is -3.27. The number of hydrogen-bond donors (Lipinski definition) is 0. The van der Waals surface area contributed by atoms with Gasteiger partial charge >= 0.3 is 0 Å². The minimum absolute atomic E-state index is 0.0833. The molecule has 0 saturated carbocycles. The molecule has 10 heteroatoms. The van der Waals surface area contributed by atoms with Crippen molar-refractivity contribution in [1.82, 2.24) is 29.4 Å². The van der Waals surface area contributed by atoms with Gasteiger partial charge in [0.05, 0.1) is 0 Å². The van der Waals surface area contributed by atoms with Crippen LogP contribution in [0.3, 0.4) is 0 Å². The minimum Gasteiger partial charge on any atom is -0.361 e. The quantitative estimate of drug-likeness (QED) is 0.399. The second kappa shape index (κ2) is 8.84. The Bertz CT molecular complexity index is 1280. The van der Waals surface area contributed by atoms with Crippen molar-refractivity contribution in [2.24, 2.45) is 7.05 Å². The lowest BCUT2D eigenvalue weighted by Gasteiger charge is -2.17. The number of hydrogen-bond acceptors (Lipinski definition) is 6. The predicted molar refractivity (Wildman–Crippen MR) is 118 cm³/mol. The molecule has 31 heavy (non-hydrogen) atoms. The summed E-state index contributed by atoms with van der Waals surface area (Å²) in [7, 11) is 3.43. The second-order valence-corrected chi connectivity index (χ2v) is 8.01. The van der Waals surface area contributed by atoms with Crippen LogP contribution in [-0.4, -0.2) is 48.9 Å². The molecular weight excluding hydrogens is 464 g/mol. The van der Waals surface area contributed by atoms with Gasteiger partial charge in [-0.2, -0.15) is 5.10 Å². The van der Waals surface area contributed by atoms with Crippen molar-refractivity contribution in [3.8, 4) is 11.3 Å². The van der Waals surface area contributed by atoms with Gasteiger partial charge in [-0.15, -0.1) is 0 Å². The molecule has 0 bridgehead atoms. The van der Waals surface area contributed by atoms with Crippen molar-refractivity contribution >= 4 is 32.9 Å². The molecule has 0 unspecified atom stereocenters. The molecule has 0 atom stereocenters. The van der Waals surface area contributed by atoms with Gasteiger partial charge in [0, 0.05) is 38.7 Å². The Morgan fingerprint density at radius 2 is 2.03 bits per heavy atom. The first kappa shape index (κ1) is 21.0. The molecule has 1 aromatic carbocycles. The fourth-order valence-electron chi connectivity index (χ4n) is 3.31. The van der Waals surface area contributed by atoms with E-state index in [2.05, 4.69) is 31.2 Å². The SMILES string of the molecule is CN(CCCc1cc(-c2ccccc2)no1)C(=O)Cn1cnc2c(c(Br)nn2C)c1=O. The zero-order valence-corrected chi connectivity index (χ0v) is 18.7. The van der Waals surface area contributed by atoms with Crippen LogP contribution in [0.5, 0.6) is 0 Å². The van der Waals surface area contributed by atoms with Gasteiger partial charge in [-0.3, -0.25) is 14.2 Å². The number of nitrogens with zero attached hydrogens (tertiary/aromatic N) is 6. The second-order valence-electron chi connectivity index (χ2n) is 7.25. The molecule has 160 valence electrons. The molecule has 4 aromatic rings. The van der Waals surface area contributed by atoms with Gasteiger partial charge < -0.3 is 9.42 Å².